The molecule has 0 saturated carbocycles. The van der Waals surface area contributed by atoms with Crippen molar-refractivity contribution in [1.29, 1.82) is 0 Å². The minimum absolute atomic E-state index is 0.289. The Kier molecular flexibility index (Phi) is 1.57. The van der Waals surface area contributed by atoms with E-state index in [0.29, 0.717) is 0 Å². The molecule has 1 N–H and O–H groups in total. The van der Waals surface area contributed by atoms with Crippen LogP contribution in [0.3, 0.4) is 0 Å². The van der Waals surface area contributed by atoms with E-state index in [1.807, 2.05) is 0 Å². The maximum atomic E-state index is 8.85. The minimum atomic E-state index is -0.289. The normalized spacial score (nSPS) is 34.3. The summed E-state index contributed by atoms with van der Waals surface area (Å²) in [6.45, 7) is 0.921. The van der Waals surface area contributed by atoms with Gasteiger partial charge in [0.2, 0.25) is 0 Å². The molecule has 1 atom stereocenters. The Labute approximate surface area is 48.7 Å². The van der Waals surface area contributed by atoms with Crippen LogP contribution in [-0.2, 0) is 0 Å². The number of aliphatic hydroxyl groups is 1. The van der Waals surface area contributed by atoms with Crippen LogP contribution in [0.4, 0.5) is 0 Å². The highest BCUT2D eigenvalue weighted by atomic mass is 32.1. The average Bonchev–Trinajstić information content (AvgIpc) is 1.91. The number of rotatable bonds is 0. The molecule has 1 aliphatic heterocycles. The third kappa shape index (κ3) is 1.08. The van der Waals surface area contributed by atoms with Crippen LogP contribution in [0.5, 0.6) is 0 Å². The molecule has 1 rings (SSSR count). The Hall–Kier alpha value is 0.270. The van der Waals surface area contributed by atoms with Crippen LogP contribution in [0, 0.1) is 0 Å². The summed E-state index contributed by atoms with van der Waals surface area (Å²) >= 11 is 3.97. The molecule has 42 valence electrons. The summed E-state index contributed by atoms with van der Waals surface area (Å²) in [6, 6.07) is 0. The van der Waals surface area contributed by atoms with Gasteiger partial charge in [0, 0.05) is 6.54 Å². The van der Waals surface area contributed by atoms with Gasteiger partial charge in [0.15, 0.2) is 0 Å². The van der Waals surface area contributed by atoms with E-state index in [1.54, 1.807) is 4.31 Å². The molecule has 0 amide bonds. The molecule has 0 radical (unpaired) electrons. The molecule has 3 heteroatoms. The first kappa shape index (κ1) is 5.41. The van der Waals surface area contributed by atoms with Crippen molar-refractivity contribution >= 4 is 12.8 Å². The lowest BCUT2D eigenvalue weighted by atomic mass is 10.4. The van der Waals surface area contributed by atoms with Crippen molar-refractivity contribution in [2.45, 2.75) is 19.1 Å². The van der Waals surface area contributed by atoms with Gasteiger partial charge in [-0.2, -0.15) is 0 Å². The summed E-state index contributed by atoms with van der Waals surface area (Å²) in [5.41, 5.74) is 0. The molecule has 0 aromatic heterocycles. The van der Waals surface area contributed by atoms with E-state index in [2.05, 4.69) is 12.8 Å². The Morgan fingerprint density at radius 1 is 1.71 bits per heavy atom. The van der Waals surface area contributed by atoms with Crippen molar-refractivity contribution in [2.75, 3.05) is 6.54 Å². The van der Waals surface area contributed by atoms with Gasteiger partial charge in [0.25, 0.3) is 0 Å². The second kappa shape index (κ2) is 2.03. The third-order valence-corrected chi connectivity index (χ3v) is 1.66. The quantitative estimate of drug-likeness (QED) is 0.446. The highest BCUT2D eigenvalue weighted by molar-refractivity contribution is 7.77. The number of hydrogen-bond donors (Lipinski definition) is 2. The highest BCUT2D eigenvalue weighted by Crippen LogP contribution is 2.15. The largest absolute Gasteiger partial charge is 0.378 e. The molecule has 0 unspecified atom stereocenters. The molecule has 1 saturated heterocycles. The maximum Gasteiger partial charge on any atom is 0.116 e. The van der Waals surface area contributed by atoms with E-state index in [0.717, 1.165) is 19.4 Å². The van der Waals surface area contributed by atoms with Crippen molar-refractivity contribution < 1.29 is 5.11 Å². The second-order valence-electron chi connectivity index (χ2n) is 1.79. The SMILES string of the molecule is O[C@@H]1CCCN1S. The van der Waals surface area contributed by atoms with Gasteiger partial charge in [0.05, 0.1) is 0 Å². The molecule has 7 heavy (non-hydrogen) atoms. The number of nitrogens with zero attached hydrogens (tertiary/aromatic N) is 1. The molecule has 0 bridgehead atoms. The van der Waals surface area contributed by atoms with Crippen molar-refractivity contribution in [2.24, 2.45) is 0 Å². The lowest BCUT2D eigenvalue weighted by molar-refractivity contribution is 0.104. The Morgan fingerprint density at radius 3 is 2.57 bits per heavy atom. The van der Waals surface area contributed by atoms with Crippen LogP contribution >= 0.6 is 12.8 Å². The molecular weight excluding hydrogens is 110 g/mol. The summed E-state index contributed by atoms with van der Waals surface area (Å²) in [5.74, 6) is 0. The molecule has 0 spiro atoms. The first-order valence-corrected chi connectivity index (χ1v) is 2.84. The van der Waals surface area contributed by atoms with Crippen LogP contribution in [0.25, 0.3) is 0 Å². The van der Waals surface area contributed by atoms with E-state index in [-0.39, 0.29) is 6.23 Å². The molecular formula is C4H9NOS. The first-order chi connectivity index (χ1) is 3.30. The highest BCUT2D eigenvalue weighted by Gasteiger charge is 2.17. The van der Waals surface area contributed by atoms with Gasteiger partial charge in [-0.15, -0.1) is 0 Å². The van der Waals surface area contributed by atoms with E-state index < -0.39 is 0 Å². The third-order valence-electron chi connectivity index (χ3n) is 1.19. The zero-order valence-corrected chi connectivity index (χ0v) is 4.93. The fourth-order valence-electron chi connectivity index (χ4n) is 0.734. The molecule has 0 aliphatic carbocycles. The predicted octanol–water partition coefficient (Wildman–Crippen LogP) is 0.245. The summed E-state index contributed by atoms with van der Waals surface area (Å²) in [6.07, 6.45) is 1.66. The van der Waals surface area contributed by atoms with Gasteiger partial charge in [-0.3, -0.25) is 0 Å². The summed E-state index contributed by atoms with van der Waals surface area (Å²) in [4.78, 5) is 0. The Bertz CT molecular complexity index is 60.7. The van der Waals surface area contributed by atoms with Gasteiger partial charge < -0.3 is 5.11 Å². The van der Waals surface area contributed by atoms with Crippen molar-refractivity contribution in [3.05, 3.63) is 0 Å². The van der Waals surface area contributed by atoms with Crippen LogP contribution < -0.4 is 0 Å². The fourth-order valence-corrected chi connectivity index (χ4v) is 0.991. The van der Waals surface area contributed by atoms with Crippen molar-refractivity contribution in [3.63, 3.8) is 0 Å². The molecule has 2 nitrogen and oxygen atoms in total. The zero-order chi connectivity index (χ0) is 5.28. The second-order valence-corrected chi connectivity index (χ2v) is 2.30. The van der Waals surface area contributed by atoms with E-state index in [4.69, 9.17) is 5.11 Å². The van der Waals surface area contributed by atoms with Gasteiger partial charge in [-0.25, -0.2) is 4.31 Å². The smallest absolute Gasteiger partial charge is 0.116 e. The number of aliphatic hydroxyl groups excluding tert-OH is 1. The number of thiol groups is 1. The van der Waals surface area contributed by atoms with Crippen LogP contribution in [0.1, 0.15) is 12.8 Å². The zero-order valence-electron chi connectivity index (χ0n) is 4.04. The van der Waals surface area contributed by atoms with Gasteiger partial charge in [-0.1, -0.05) is 12.8 Å². The van der Waals surface area contributed by atoms with Crippen LogP contribution in [-0.4, -0.2) is 22.2 Å². The topological polar surface area (TPSA) is 23.5 Å². The monoisotopic (exact) mass is 119 g/mol. The summed E-state index contributed by atoms with van der Waals surface area (Å²) in [5, 5.41) is 8.85. The molecule has 1 fully saturated rings. The van der Waals surface area contributed by atoms with Crippen LogP contribution in [0.15, 0.2) is 0 Å². The molecule has 0 aromatic carbocycles. The van der Waals surface area contributed by atoms with Gasteiger partial charge >= 0.3 is 0 Å². The lowest BCUT2D eigenvalue weighted by Crippen LogP contribution is -2.17. The lowest BCUT2D eigenvalue weighted by Gasteiger charge is -2.09. The van der Waals surface area contributed by atoms with Gasteiger partial charge in [-0.05, 0) is 12.8 Å². The van der Waals surface area contributed by atoms with Crippen molar-refractivity contribution in [1.82, 2.24) is 4.31 Å². The van der Waals surface area contributed by atoms with E-state index >= 15 is 0 Å². The predicted molar refractivity (Wildman–Crippen MR) is 30.9 cm³/mol. The summed E-state index contributed by atoms with van der Waals surface area (Å²) in [7, 11) is 0. The average molecular weight is 119 g/mol. The molecule has 1 aliphatic rings. The maximum absolute atomic E-state index is 8.85. The molecule has 1 heterocycles. The number of hydrogen-bond acceptors (Lipinski definition) is 3. The Balaban J connectivity index is 2.33. The summed E-state index contributed by atoms with van der Waals surface area (Å²) < 4.78 is 1.65. The van der Waals surface area contributed by atoms with E-state index in [1.165, 1.54) is 0 Å². The fraction of sp³-hybridized carbons (Fsp3) is 1.00. The Morgan fingerprint density at radius 2 is 2.43 bits per heavy atom. The van der Waals surface area contributed by atoms with Crippen molar-refractivity contribution in [3.8, 4) is 0 Å². The first-order valence-electron chi connectivity index (χ1n) is 2.44. The van der Waals surface area contributed by atoms with E-state index in [9.17, 15) is 0 Å². The van der Waals surface area contributed by atoms with Gasteiger partial charge in [0.1, 0.15) is 6.23 Å². The standard InChI is InChI=1S/C4H9NOS/c6-4-2-1-3-5(4)7/h4,6-7H,1-3H2/t4-/m1/s1. The molecule has 0 aromatic rings. The van der Waals surface area contributed by atoms with Crippen LogP contribution in [0.2, 0.25) is 0 Å². The minimum Gasteiger partial charge on any atom is -0.378 e.